The van der Waals surface area contributed by atoms with Gasteiger partial charge >= 0.3 is 11.9 Å². The quantitative estimate of drug-likeness (QED) is 0.596. The molecule has 0 aliphatic heterocycles. The van der Waals surface area contributed by atoms with E-state index < -0.39 is 23.8 Å². The highest BCUT2D eigenvalue weighted by molar-refractivity contribution is 7.17. The number of carboxylic acids is 1. The third-order valence-electron chi connectivity index (χ3n) is 5.93. The van der Waals surface area contributed by atoms with Crippen LogP contribution in [0, 0.1) is 23.7 Å². The molecule has 0 spiro atoms. The second-order valence-corrected chi connectivity index (χ2v) is 8.57. The Morgan fingerprint density at radius 3 is 2.59 bits per heavy atom. The zero-order valence-corrected chi connectivity index (χ0v) is 16.0. The average molecular weight is 389 g/mol. The van der Waals surface area contributed by atoms with E-state index in [4.69, 9.17) is 4.74 Å². The van der Waals surface area contributed by atoms with Gasteiger partial charge in [0.15, 0.2) is 0 Å². The fraction of sp³-hybridized carbons (Fsp3) is 0.550. The monoisotopic (exact) mass is 389 g/mol. The van der Waals surface area contributed by atoms with Crippen LogP contribution in [0.5, 0.6) is 0 Å². The van der Waals surface area contributed by atoms with Gasteiger partial charge < -0.3 is 15.2 Å². The number of fused-ring (bicyclic) bond motifs is 3. The van der Waals surface area contributed by atoms with Crippen molar-refractivity contribution in [3.05, 3.63) is 28.2 Å². The Morgan fingerprint density at radius 2 is 1.89 bits per heavy atom. The van der Waals surface area contributed by atoms with Gasteiger partial charge in [-0.05, 0) is 56.4 Å². The van der Waals surface area contributed by atoms with Crippen LogP contribution in [0.15, 0.2) is 12.2 Å². The average Bonchev–Trinajstić information content (AvgIpc) is 3.33. The van der Waals surface area contributed by atoms with Crippen molar-refractivity contribution in [3.8, 4) is 0 Å². The van der Waals surface area contributed by atoms with E-state index in [0.29, 0.717) is 17.0 Å². The molecular weight excluding hydrogens is 366 g/mol. The SMILES string of the molecule is CCOC(=O)c1c(NC(=O)[C@H]2[C@@H](C(=O)O)[C@H]3C=C[C@H]2C3)sc2c1CCCC2. The molecule has 0 aromatic carbocycles. The van der Waals surface area contributed by atoms with E-state index in [2.05, 4.69) is 5.32 Å². The lowest BCUT2D eigenvalue weighted by molar-refractivity contribution is -0.146. The van der Waals surface area contributed by atoms with Crippen molar-refractivity contribution in [2.24, 2.45) is 23.7 Å². The number of thiophene rings is 1. The summed E-state index contributed by atoms with van der Waals surface area (Å²) in [7, 11) is 0. The van der Waals surface area contributed by atoms with Gasteiger partial charge in [0.1, 0.15) is 5.00 Å². The Bertz CT molecular complexity index is 827. The van der Waals surface area contributed by atoms with Crippen molar-refractivity contribution in [2.45, 2.75) is 39.0 Å². The predicted molar refractivity (Wildman–Crippen MR) is 101 cm³/mol. The number of aryl methyl sites for hydroxylation is 1. The third-order valence-corrected chi connectivity index (χ3v) is 7.14. The molecule has 1 heterocycles. The van der Waals surface area contributed by atoms with Crippen LogP contribution < -0.4 is 5.32 Å². The van der Waals surface area contributed by atoms with Crippen LogP contribution in [-0.4, -0.2) is 29.6 Å². The van der Waals surface area contributed by atoms with Crippen LogP contribution in [-0.2, 0) is 27.2 Å². The zero-order chi connectivity index (χ0) is 19.1. The molecule has 6 nitrogen and oxygen atoms in total. The highest BCUT2D eigenvalue weighted by atomic mass is 32.1. The number of anilines is 1. The van der Waals surface area contributed by atoms with Gasteiger partial charge in [0.2, 0.25) is 5.91 Å². The molecule has 27 heavy (non-hydrogen) atoms. The van der Waals surface area contributed by atoms with Crippen LogP contribution in [0.4, 0.5) is 5.00 Å². The molecule has 1 saturated carbocycles. The number of ether oxygens (including phenoxy) is 1. The maximum Gasteiger partial charge on any atom is 0.341 e. The third kappa shape index (κ3) is 3.08. The molecule has 4 rings (SSSR count). The summed E-state index contributed by atoms with van der Waals surface area (Å²) in [4.78, 5) is 38.4. The second kappa shape index (κ2) is 7.11. The molecule has 4 atom stereocenters. The number of carbonyl (C=O) groups is 3. The maximum atomic E-state index is 13.0. The lowest BCUT2D eigenvalue weighted by Crippen LogP contribution is -2.36. The van der Waals surface area contributed by atoms with Crippen molar-refractivity contribution in [3.63, 3.8) is 0 Å². The lowest BCUT2D eigenvalue weighted by atomic mass is 9.82. The van der Waals surface area contributed by atoms with Crippen LogP contribution in [0.1, 0.15) is 47.0 Å². The number of carbonyl (C=O) groups excluding carboxylic acids is 2. The van der Waals surface area contributed by atoms with Gasteiger partial charge in [0, 0.05) is 4.88 Å². The van der Waals surface area contributed by atoms with E-state index in [1.165, 1.54) is 11.3 Å². The number of amides is 1. The number of allylic oxidation sites excluding steroid dienone is 2. The standard InChI is InChI=1S/C20H23NO5S/c1-2-26-20(25)16-12-5-3-4-6-13(12)27-18(16)21-17(22)14-10-7-8-11(9-10)15(14)19(23)24/h7-8,10-11,14-15H,2-6,9H2,1H3,(H,21,22)(H,23,24)/t10-,11-,14+,15-/m0/s1. The van der Waals surface area contributed by atoms with Crippen LogP contribution in [0.25, 0.3) is 0 Å². The molecule has 1 amide bonds. The van der Waals surface area contributed by atoms with Crippen molar-refractivity contribution in [1.82, 2.24) is 0 Å². The van der Waals surface area contributed by atoms with E-state index >= 15 is 0 Å². The second-order valence-electron chi connectivity index (χ2n) is 7.46. The summed E-state index contributed by atoms with van der Waals surface area (Å²) in [5.41, 5.74) is 1.46. The summed E-state index contributed by atoms with van der Waals surface area (Å²) in [5, 5.41) is 13.0. The molecule has 144 valence electrons. The van der Waals surface area contributed by atoms with E-state index in [9.17, 15) is 19.5 Å². The molecule has 1 aromatic rings. The first-order valence-corrected chi connectivity index (χ1v) is 10.4. The van der Waals surface area contributed by atoms with Crippen molar-refractivity contribution in [2.75, 3.05) is 11.9 Å². The van der Waals surface area contributed by atoms with E-state index in [-0.39, 0.29) is 24.3 Å². The molecule has 1 aromatic heterocycles. The minimum absolute atomic E-state index is 0.0447. The summed E-state index contributed by atoms with van der Waals surface area (Å²) in [6.07, 6.45) is 8.38. The normalized spacial score (nSPS) is 28.0. The van der Waals surface area contributed by atoms with Gasteiger partial charge in [0.25, 0.3) is 0 Å². The van der Waals surface area contributed by atoms with Gasteiger partial charge in [-0.3, -0.25) is 9.59 Å². The van der Waals surface area contributed by atoms with Crippen molar-refractivity contribution < 1.29 is 24.2 Å². The summed E-state index contributed by atoms with van der Waals surface area (Å²) in [5.74, 6) is -3.05. The highest BCUT2D eigenvalue weighted by Crippen LogP contribution is 2.49. The summed E-state index contributed by atoms with van der Waals surface area (Å²) in [6, 6.07) is 0. The fourth-order valence-electron chi connectivity index (χ4n) is 4.78. The van der Waals surface area contributed by atoms with E-state index in [0.717, 1.165) is 36.1 Å². The Labute approximate surface area is 161 Å². The fourth-order valence-corrected chi connectivity index (χ4v) is 6.07. The molecule has 0 saturated heterocycles. The molecule has 2 bridgehead atoms. The molecule has 2 N–H and O–H groups in total. The minimum Gasteiger partial charge on any atom is -0.481 e. The highest BCUT2D eigenvalue weighted by Gasteiger charge is 2.51. The largest absolute Gasteiger partial charge is 0.481 e. The van der Waals surface area contributed by atoms with Gasteiger partial charge in [0.05, 0.1) is 24.0 Å². The van der Waals surface area contributed by atoms with Gasteiger partial charge in [-0.2, -0.15) is 0 Å². The minimum atomic E-state index is -0.928. The Balaban J connectivity index is 1.63. The van der Waals surface area contributed by atoms with Crippen LogP contribution >= 0.6 is 11.3 Å². The molecule has 3 aliphatic carbocycles. The van der Waals surface area contributed by atoms with Gasteiger partial charge in [-0.15, -0.1) is 11.3 Å². The molecule has 7 heteroatoms. The van der Waals surface area contributed by atoms with Gasteiger partial charge in [-0.1, -0.05) is 12.2 Å². The molecule has 0 unspecified atom stereocenters. The molecule has 3 aliphatic rings. The molecular formula is C20H23NO5S. The lowest BCUT2D eigenvalue weighted by Gasteiger charge is -2.23. The number of carboxylic acid groups (broad SMARTS) is 1. The van der Waals surface area contributed by atoms with E-state index in [1.54, 1.807) is 6.92 Å². The first kappa shape index (κ1) is 18.2. The number of nitrogens with one attached hydrogen (secondary N) is 1. The Morgan fingerprint density at radius 1 is 1.19 bits per heavy atom. The number of esters is 1. The summed E-state index contributed by atoms with van der Waals surface area (Å²) < 4.78 is 5.22. The Hall–Kier alpha value is -2.15. The molecule has 0 radical (unpaired) electrons. The van der Waals surface area contributed by atoms with Crippen molar-refractivity contribution >= 4 is 34.2 Å². The number of aliphatic carboxylic acids is 1. The van der Waals surface area contributed by atoms with Crippen LogP contribution in [0.3, 0.4) is 0 Å². The smallest absolute Gasteiger partial charge is 0.341 e. The topological polar surface area (TPSA) is 92.7 Å². The summed E-state index contributed by atoms with van der Waals surface area (Å²) in [6.45, 7) is 2.03. The predicted octanol–water partition coefficient (Wildman–Crippen LogP) is 3.27. The summed E-state index contributed by atoms with van der Waals surface area (Å²) >= 11 is 1.43. The number of hydrogen-bond acceptors (Lipinski definition) is 5. The number of rotatable bonds is 5. The van der Waals surface area contributed by atoms with Crippen LogP contribution in [0.2, 0.25) is 0 Å². The molecule has 1 fully saturated rings. The number of hydrogen-bond donors (Lipinski definition) is 2. The Kier molecular flexibility index (Phi) is 4.80. The first-order chi connectivity index (χ1) is 13.0. The maximum absolute atomic E-state index is 13.0. The van der Waals surface area contributed by atoms with E-state index in [1.807, 2.05) is 12.2 Å². The first-order valence-electron chi connectivity index (χ1n) is 9.55. The van der Waals surface area contributed by atoms with Crippen molar-refractivity contribution in [1.29, 1.82) is 0 Å². The van der Waals surface area contributed by atoms with Gasteiger partial charge in [-0.25, -0.2) is 4.79 Å². The zero-order valence-electron chi connectivity index (χ0n) is 15.2.